The molecule has 2 aromatic rings. The van der Waals surface area contributed by atoms with E-state index in [9.17, 15) is 0 Å². The number of nitrogens with one attached hydrogen (secondary N) is 1. The van der Waals surface area contributed by atoms with E-state index in [1.165, 1.54) is 0 Å². The van der Waals surface area contributed by atoms with Crippen molar-refractivity contribution in [1.82, 2.24) is 9.97 Å². The zero-order valence-corrected chi connectivity index (χ0v) is 9.76. The molecule has 4 heteroatoms. The van der Waals surface area contributed by atoms with E-state index < -0.39 is 0 Å². The van der Waals surface area contributed by atoms with Crippen molar-refractivity contribution in [1.29, 1.82) is 0 Å². The van der Waals surface area contributed by atoms with Crippen LogP contribution in [0.4, 0.5) is 5.69 Å². The highest BCUT2D eigenvalue weighted by Crippen LogP contribution is 2.27. The summed E-state index contributed by atoms with van der Waals surface area (Å²) in [6, 6.07) is 6.62. The molecule has 1 aromatic carbocycles. The maximum atomic E-state index is 5.26. The van der Waals surface area contributed by atoms with E-state index in [1.54, 1.807) is 19.5 Å². The Morgan fingerprint density at radius 3 is 2.71 bits per heavy atom. The van der Waals surface area contributed by atoms with Crippen LogP contribution in [0.15, 0.2) is 30.6 Å². The van der Waals surface area contributed by atoms with E-state index in [0.29, 0.717) is 12.1 Å². The first-order chi connectivity index (χ1) is 8.35. The molecule has 0 spiro atoms. The molecular weight excluding hydrogens is 214 g/mol. The van der Waals surface area contributed by atoms with Crippen LogP contribution in [0.1, 0.15) is 12.8 Å². The predicted molar refractivity (Wildman–Crippen MR) is 67.0 cm³/mol. The Hall–Kier alpha value is -1.68. The van der Waals surface area contributed by atoms with Crippen molar-refractivity contribution >= 4 is 16.7 Å². The van der Waals surface area contributed by atoms with E-state index in [0.717, 1.165) is 29.6 Å². The van der Waals surface area contributed by atoms with Crippen LogP contribution in [-0.4, -0.2) is 29.2 Å². The fraction of sp³-hybridized carbons (Fsp3) is 0.385. The van der Waals surface area contributed by atoms with E-state index in [1.807, 2.05) is 12.1 Å². The molecule has 17 heavy (non-hydrogen) atoms. The molecule has 1 fully saturated rings. The van der Waals surface area contributed by atoms with Crippen LogP contribution < -0.4 is 5.32 Å². The molecule has 1 saturated carbocycles. The van der Waals surface area contributed by atoms with Crippen LogP contribution in [0.3, 0.4) is 0 Å². The zero-order valence-electron chi connectivity index (χ0n) is 9.76. The summed E-state index contributed by atoms with van der Waals surface area (Å²) in [6.45, 7) is 0. The quantitative estimate of drug-likeness (QED) is 0.876. The third-order valence-corrected chi connectivity index (χ3v) is 3.27. The van der Waals surface area contributed by atoms with Gasteiger partial charge < -0.3 is 10.1 Å². The number of aromatic nitrogens is 2. The molecule has 0 saturated heterocycles. The second-order valence-corrected chi connectivity index (χ2v) is 4.43. The normalized spacial score (nSPS) is 23.4. The molecule has 4 nitrogen and oxygen atoms in total. The molecule has 0 unspecified atom stereocenters. The van der Waals surface area contributed by atoms with E-state index in [4.69, 9.17) is 4.74 Å². The van der Waals surface area contributed by atoms with E-state index >= 15 is 0 Å². The van der Waals surface area contributed by atoms with Gasteiger partial charge in [0, 0.05) is 31.2 Å². The maximum absolute atomic E-state index is 5.26. The standard InChI is InChI=1S/C13H15N3O/c1-17-11-6-10(7-11)16-9-2-3-12-13(8-9)15-5-4-14-12/h2-5,8,10-11,16H,6-7H2,1H3. The third kappa shape index (κ3) is 2.08. The van der Waals surface area contributed by atoms with Crippen molar-refractivity contribution in [2.45, 2.75) is 25.0 Å². The summed E-state index contributed by atoms with van der Waals surface area (Å²) < 4.78 is 5.26. The average Bonchev–Trinajstić information content (AvgIpc) is 2.33. The number of methoxy groups -OCH3 is 1. The van der Waals surface area contributed by atoms with Crippen LogP contribution in [-0.2, 0) is 4.74 Å². The molecule has 1 aromatic heterocycles. The topological polar surface area (TPSA) is 47.0 Å². The second-order valence-electron chi connectivity index (χ2n) is 4.43. The van der Waals surface area contributed by atoms with Crippen LogP contribution in [0.25, 0.3) is 11.0 Å². The van der Waals surface area contributed by atoms with Crippen molar-refractivity contribution in [3.63, 3.8) is 0 Å². The lowest BCUT2D eigenvalue weighted by molar-refractivity contribution is 0.0329. The second kappa shape index (κ2) is 4.30. The average molecular weight is 229 g/mol. The number of anilines is 1. The molecule has 1 N–H and O–H groups in total. The molecule has 0 aliphatic heterocycles. The Morgan fingerprint density at radius 1 is 1.18 bits per heavy atom. The van der Waals surface area contributed by atoms with Gasteiger partial charge in [0.2, 0.25) is 0 Å². The first-order valence-electron chi connectivity index (χ1n) is 5.85. The number of hydrogen-bond acceptors (Lipinski definition) is 4. The van der Waals surface area contributed by atoms with Crippen LogP contribution in [0, 0.1) is 0 Å². The van der Waals surface area contributed by atoms with Gasteiger partial charge in [-0.2, -0.15) is 0 Å². The molecule has 0 bridgehead atoms. The number of nitrogens with zero attached hydrogens (tertiary/aromatic N) is 2. The Kier molecular flexibility index (Phi) is 2.65. The van der Waals surface area contributed by atoms with Gasteiger partial charge in [-0.05, 0) is 31.0 Å². The van der Waals surface area contributed by atoms with E-state index in [2.05, 4.69) is 21.4 Å². The molecule has 0 atom stereocenters. The number of fused-ring (bicyclic) bond motifs is 1. The summed E-state index contributed by atoms with van der Waals surface area (Å²) in [7, 11) is 1.77. The van der Waals surface area contributed by atoms with Gasteiger partial charge >= 0.3 is 0 Å². The summed E-state index contributed by atoms with van der Waals surface area (Å²) in [5, 5.41) is 3.49. The van der Waals surface area contributed by atoms with Crippen molar-refractivity contribution in [2.75, 3.05) is 12.4 Å². The maximum Gasteiger partial charge on any atom is 0.0907 e. The lowest BCUT2D eigenvalue weighted by atomic mass is 9.89. The van der Waals surface area contributed by atoms with Gasteiger partial charge in [0.05, 0.1) is 17.1 Å². The smallest absolute Gasteiger partial charge is 0.0907 e. The van der Waals surface area contributed by atoms with Crippen LogP contribution in [0.5, 0.6) is 0 Å². The summed E-state index contributed by atoms with van der Waals surface area (Å²) in [4.78, 5) is 8.55. The predicted octanol–water partition coefficient (Wildman–Crippen LogP) is 2.22. The highest BCUT2D eigenvalue weighted by Gasteiger charge is 2.28. The molecule has 0 radical (unpaired) electrons. The van der Waals surface area contributed by atoms with Gasteiger partial charge in [0.25, 0.3) is 0 Å². The lowest BCUT2D eigenvalue weighted by Crippen LogP contribution is -2.40. The summed E-state index contributed by atoms with van der Waals surface area (Å²) in [5.74, 6) is 0. The van der Waals surface area contributed by atoms with Crippen molar-refractivity contribution < 1.29 is 4.74 Å². The molecule has 88 valence electrons. The highest BCUT2D eigenvalue weighted by molar-refractivity contribution is 5.78. The van der Waals surface area contributed by atoms with Crippen molar-refractivity contribution in [2.24, 2.45) is 0 Å². The monoisotopic (exact) mass is 229 g/mol. The number of benzene rings is 1. The third-order valence-electron chi connectivity index (χ3n) is 3.27. The van der Waals surface area contributed by atoms with Crippen LogP contribution in [0.2, 0.25) is 0 Å². The van der Waals surface area contributed by atoms with Crippen LogP contribution >= 0.6 is 0 Å². The van der Waals surface area contributed by atoms with Gasteiger partial charge in [-0.1, -0.05) is 0 Å². The number of ether oxygens (including phenoxy) is 1. The molecule has 1 aliphatic rings. The van der Waals surface area contributed by atoms with Gasteiger partial charge in [0.15, 0.2) is 0 Å². The van der Waals surface area contributed by atoms with Crippen molar-refractivity contribution in [3.8, 4) is 0 Å². The van der Waals surface area contributed by atoms with Gasteiger partial charge in [0.1, 0.15) is 0 Å². The van der Waals surface area contributed by atoms with E-state index in [-0.39, 0.29) is 0 Å². The zero-order chi connectivity index (χ0) is 11.7. The summed E-state index contributed by atoms with van der Waals surface area (Å²) in [6.07, 6.45) is 6.01. The first kappa shape index (κ1) is 10.5. The fourth-order valence-electron chi connectivity index (χ4n) is 2.16. The molecule has 3 rings (SSSR count). The Morgan fingerprint density at radius 2 is 1.94 bits per heavy atom. The van der Waals surface area contributed by atoms with Gasteiger partial charge in [-0.25, -0.2) is 0 Å². The fourth-order valence-corrected chi connectivity index (χ4v) is 2.16. The lowest BCUT2D eigenvalue weighted by Gasteiger charge is -2.35. The van der Waals surface area contributed by atoms with Gasteiger partial charge in [-0.3, -0.25) is 9.97 Å². The minimum absolute atomic E-state index is 0.424. The minimum atomic E-state index is 0.424. The van der Waals surface area contributed by atoms with Crippen molar-refractivity contribution in [3.05, 3.63) is 30.6 Å². The Bertz CT molecular complexity index is 523. The number of rotatable bonds is 3. The highest BCUT2D eigenvalue weighted by atomic mass is 16.5. The Balaban J connectivity index is 1.73. The minimum Gasteiger partial charge on any atom is -0.382 e. The molecule has 1 aliphatic carbocycles. The molecule has 1 heterocycles. The Labute approximate surface area is 100 Å². The SMILES string of the molecule is COC1CC(Nc2ccc3nccnc3c2)C1. The largest absolute Gasteiger partial charge is 0.382 e. The number of hydrogen-bond donors (Lipinski definition) is 1. The summed E-state index contributed by atoms with van der Waals surface area (Å²) >= 11 is 0. The van der Waals surface area contributed by atoms with Gasteiger partial charge in [-0.15, -0.1) is 0 Å². The molecule has 0 amide bonds. The molecular formula is C13H15N3O. The summed E-state index contributed by atoms with van der Waals surface area (Å²) in [5.41, 5.74) is 2.97. The first-order valence-corrected chi connectivity index (χ1v) is 5.85.